The second-order valence-corrected chi connectivity index (χ2v) is 6.69. The van der Waals surface area contributed by atoms with Crippen LogP contribution in [0.5, 0.6) is 5.75 Å². The van der Waals surface area contributed by atoms with Gasteiger partial charge in [-0.2, -0.15) is 0 Å². The monoisotopic (exact) mass is 423 g/mol. The van der Waals surface area contributed by atoms with Crippen molar-refractivity contribution in [1.82, 2.24) is 9.97 Å². The predicted molar refractivity (Wildman–Crippen MR) is 105 cm³/mol. The molecule has 0 saturated carbocycles. The van der Waals surface area contributed by atoms with E-state index in [2.05, 4.69) is 9.97 Å². The standard InChI is InChI=1S/C20H13N3O8/c21-7(19(27)28)5-9(24)13-17(20(29)30)23-15-10(25)6-12-16(14(15)18(13)26)22-8-3-1-2-4-11(8)31-12/h1-4,6-7H,5,21H2,(H,23,26)(H,27,28)(H,29,30). The lowest BCUT2D eigenvalue weighted by Gasteiger charge is -2.14. The third-order valence-corrected chi connectivity index (χ3v) is 4.66. The van der Waals surface area contributed by atoms with E-state index in [9.17, 15) is 29.4 Å². The summed E-state index contributed by atoms with van der Waals surface area (Å²) in [5.41, 5.74) is 3.22. The molecular formula is C20H13N3O8. The number of carboxylic acid groups (broad SMARTS) is 2. The quantitative estimate of drug-likeness (QED) is 0.205. The van der Waals surface area contributed by atoms with E-state index in [1.165, 1.54) is 0 Å². The molecule has 1 aromatic carbocycles. The summed E-state index contributed by atoms with van der Waals surface area (Å²) in [7, 11) is 0. The van der Waals surface area contributed by atoms with Crippen LogP contribution in [0.25, 0.3) is 33.5 Å². The van der Waals surface area contributed by atoms with Gasteiger partial charge in [0.25, 0.3) is 0 Å². The summed E-state index contributed by atoms with van der Waals surface area (Å²) in [6.07, 6.45) is -0.800. The average Bonchev–Trinajstić information content (AvgIpc) is 2.71. The van der Waals surface area contributed by atoms with E-state index in [0.29, 0.717) is 11.1 Å². The van der Waals surface area contributed by atoms with Crippen molar-refractivity contribution >= 4 is 39.7 Å². The lowest BCUT2D eigenvalue weighted by molar-refractivity contribution is -0.138. The van der Waals surface area contributed by atoms with Crippen molar-refractivity contribution in [2.24, 2.45) is 5.73 Å². The van der Waals surface area contributed by atoms with Crippen LogP contribution in [0.2, 0.25) is 0 Å². The topological polar surface area (TPSA) is 194 Å². The number of pyridine rings is 1. The van der Waals surface area contributed by atoms with Crippen LogP contribution in [0.3, 0.4) is 0 Å². The van der Waals surface area contributed by atoms with E-state index in [1.54, 1.807) is 24.3 Å². The van der Waals surface area contributed by atoms with Gasteiger partial charge in [-0.1, -0.05) is 12.1 Å². The molecule has 4 rings (SSSR count). The fourth-order valence-electron chi connectivity index (χ4n) is 3.23. The second-order valence-electron chi connectivity index (χ2n) is 6.69. The highest BCUT2D eigenvalue weighted by Crippen LogP contribution is 2.37. The van der Waals surface area contributed by atoms with Gasteiger partial charge in [0.15, 0.2) is 22.8 Å². The molecule has 1 unspecified atom stereocenters. The highest BCUT2D eigenvalue weighted by molar-refractivity contribution is 6.13. The van der Waals surface area contributed by atoms with Crippen molar-refractivity contribution in [3.8, 4) is 17.2 Å². The normalized spacial score (nSPS) is 12.3. The third-order valence-electron chi connectivity index (χ3n) is 4.66. The Morgan fingerprint density at radius 3 is 2.52 bits per heavy atom. The summed E-state index contributed by atoms with van der Waals surface area (Å²) in [5.74, 6) is -5.14. The largest absolute Gasteiger partial charge is 0.506 e. The van der Waals surface area contributed by atoms with Gasteiger partial charge in [0, 0.05) is 12.5 Å². The SMILES string of the molecule is NC(CC(=O)c1c(C(=O)O)nc2c(=O)cc3oc4ccccc4nc-3c2c1O)C(=O)O. The summed E-state index contributed by atoms with van der Waals surface area (Å²) < 4.78 is 5.66. The van der Waals surface area contributed by atoms with Crippen molar-refractivity contribution in [3.05, 3.63) is 51.8 Å². The van der Waals surface area contributed by atoms with Crippen molar-refractivity contribution in [3.63, 3.8) is 0 Å². The molecule has 11 heteroatoms. The zero-order chi connectivity index (χ0) is 22.4. The molecule has 31 heavy (non-hydrogen) atoms. The third kappa shape index (κ3) is 3.22. The molecular weight excluding hydrogens is 410 g/mol. The Labute approximate surface area is 171 Å². The fraction of sp³-hybridized carbons (Fsp3) is 0.100. The van der Waals surface area contributed by atoms with Crippen LogP contribution >= 0.6 is 0 Å². The maximum atomic E-state index is 12.7. The number of rotatable bonds is 5. The number of ketones is 1. The summed E-state index contributed by atoms with van der Waals surface area (Å²) >= 11 is 0. The number of aliphatic carboxylic acids is 1. The molecule has 0 amide bonds. The number of carboxylic acids is 2. The van der Waals surface area contributed by atoms with E-state index < -0.39 is 58.1 Å². The molecule has 1 aliphatic heterocycles. The number of hydrogen-bond acceptors (Lipinski definition) is 9. The minimum absolute atomic E-state index is 0.0167. The van der Waals surface area contributed by atoms with Crippen LogP contribution in [0.4, 0.5) is 0 Å². The molecule has 2 aromatic rings. The molecule has 0 bridgehead atoms. The Kier molecular flexibility index (Phi) is 4.59. The highest BCUT2D eigenvalue weighted by Gasteiger charge is 2.31. The molecule has 1 aliphatic carbocycles. The number of carbonyl (C=O) groups excluding carboxylic acids is 1. The average molecular weight is 423 g/mol. The van der Waals surface area contributed by atoms with Gasteiger partial charge >= 0.3 is 11.9 Å². The fourth-order valence-corrected chi connectivity index (χ4v) is 3.23. The number of para-hydroxylation sites is 2. The van der Waals surface area contributed by atoms with Gasteiger partial charge < -0.3 is 25.5 Å². The molecule has 2 heterocycles. The number of Topliss-reactive ketones (excluding diaryl/α,β-unsaturated/α-hetero) is 1. The first-order chi connectivity index (χ1) is 14.7. The number of aromatic hydroxyl groups is 1. The zero-order valence-electron chi connectivity index (χ0n) is 15.5. The first-order valence-corrected chi connectivity index (χ1v) is 8.83. The van der Waals surface area contributed by atoms with Gasteiger partial charge in [0.05, 0.1) is 10.9 Å². The molecule has 0 radical (unpaired) electrons. The Hall–Kier alpha value is -4.38. The number of carbonyl (C=O) groups is 3. The number of hydrogen-bond donors (Lipinski definition) is 4. The number of benzene rings is 2. The highest BCUT2D eigenvalue weighted by atomic mass is 16.4. The lowest BCUT2D eigenvalue weighted by atomic mass is 9.97. The molecule has 1 atom stereocenters. The van der Waals surface area contributed by atoms with Crippen LogP contribution in [-0.4, -0.2) is 49.1 Å². The van der Waals surface area contributed by atoms with Gasteiger partial charge in [0.1, 0.15) is 28.5 Å². The number of aromatic nitrogens is 2. The van der Waals surface area contributed by atoms with Crippen LogP contribution in [0, 0.1) is 0 Å². The molecule has 2 aliphatic rings. The van der Waals surface area contributed by atoms with Crippen LogP contribution in [0.1, 0.15) is 27.3 Å². The molecule has 0 spiro atoms. The lowest BCUT2D eigenvalue weighted by Crippen LogP contribution is -2.33. The van der Waals surface area contributed by atoms with Gasteiger partial charge in [-0.05, 0) is 12.1 Å². The van der Waals surface area contributed by atoms with Gasteiger partial charge in [-0.25, -0.2) is 14.8 Å². The van der Waals surface area contributed by atoms with Gasteiger partial charge in [-0.15, -0.1) is 0 Å². The Morgan fingerprint density at radius 1 is 1.13 bits per heavy atom. The number of nitrogens with zero attached hydrogens (tertiary/aromatic N) is 2. The molecule has 11 nitrogen and oxygen atoms in total. The van der Waals surface area contributed by atoms with Gasteiger partial charge in [-0.3, -0.25) is 14.4 Å². The first kappa shape index (κ1) is 19.9. The zero-order valence-corrected chi connectivity index (χ0v) is 15.5. The van der Waals surface area contributed by atoms with E-state index in [1.807, 2.05) is 0 Å². The Bertz CT molecular complexity index is 1440. The van der Waals surface area contributed by atoms with Crippen LogP contribution < -0.4 is 11.2 Å². The number of nitrogens with two attached hydrogens (primary N) is 1. The van der Waals surface area contributed by atoms with Crippen molar-refractivity contribution in [2.45, 2.75) is 12.5 Å². The first-order valence-electron chi connectivity index (χ1n) is 8.83. The number of fused-ring (bicyclic) bond motifs is 4. The Morgan fingerprint density at radius 2 is 1.84 bits per heavy atom. The predicted octanol–water partition coefficient (Wildman–Crippen LogP) is 1.23. The molecule has 5 N–H and O–H groups in total. The maximum absolute atomic E-state index is 12.7. The molecule has 156 valence electrons. The molecule has 0 fully saturated rings. The summed E-state index contributed by atoms with van der Waals surface area (Å²) in [4.78, 5) is 56.0. The van der Waals surface area contributed by atoms with E-state index in [4.69, 9.17) is 15.3 Å². The molecule has 1 aromatic heterocycles. The van der Waals surface area contributed by atoms with E-state index >= 15 is 0 Å². The Balaban J connectivity index is 2.10. The van der Waals surface area contributed by atoms with Crippen LogP contribution in [-0.2, 0) is 4.79 Å². The van der Waals surface area contributed by atoms with E-state index in [0.717, 1.165) is 6.07 Å². The second kappa shape index (κ2) is 7.15. The summed E-state index contributed by atoms with van der Waals surface area (Å²) in [5, 5.41) is 29.0. The van der Waals surface area contributed by atoms with Crippen molar-refractivity contribution in [1.29, 1.82) is 0 Å². The minimum Gasteiger partial charge on any atom is -0.506 e. The molecule has 0 saturated heterocycles. The van der Waals surface area contributed by atoms with Crippen molar-refractivity contribution < 1.29 is 34.1 Å². The van der Waals surface area contributed by atoms with Crippen molar-refractivity contribution in [2.75, 3.05) is 0 Å². The minimum atomic E-state index is -1.69. The smallest absolute Gasteiger partial charge is 0.355 e. The number of aromatic carboxylic acids is 1. The summed E-state index contributed by atoms with van der Waals surface area (Å²) in [6, 6.07) is 6.02. The van der Waals surface area contributed by atoms with Crippen LogP contribution in [0.15, 0.2) is 39.5 Å². The summed E-state index contributed by atoms with van der Waals surface area (Å²) in [6.45, 7) is 0. The van der Waals surface area contributed by atoms with Gasteiger partial charge in [0.2, 0.25) is 5.43 Å². The maximum Gasteiger partial charge on any atom is 0.355 e. The van der Waals surface area contributed by atoms with E-state index in [-0.39, 0.29) is 16.8 Å².